The van der Waals surface area contributed by atoms with E-state index in [9.17, 15) is 8.42 Å². The Kier molecular flexibility index (Phi) is 3.49. The second kappa shape index (κ2) is 4.20. The fourth-order valence-electron chi connectivity index (χ4n) is 1.30. The number of hydrogen-bond donors (Lipinski definition) is 1. The molecule has 1 aliphatic rings. The fourth-order valence-corrected chi connectivity index (χ4v) is 2.79. The van der Waals surface area contributed by atoms with E-state index in [1.165, 1.54) is 0 Å². The lowest BCUT2D eigenvalue weighted by Crippen LogP contribution is -2.34. The molecule has 1 heterocycles. The summed E-state index contributed by atoms with van der Waals surface area (Å²) in [4.78, 5) is 0. The van der Waals surface area contributed by atoms with E-state index in [4.69, 9.17) is 0 Å². The van der Waals surface area contributed by atoms with Gasteiger partial charge >= 0.3 is 0 Å². The third-order valence-corrected chi connectivity index (χ3v) is 3.81. The van der Waals surface area contributed by atoms with E-state index >= 15 is 0 Å². The number of nitrogens with zero attached hydrogens (tertiary/aromatic N) is 1. The lowest BCUT2D eigenvalue weighted by Gasteiger charge is -2.17. The number of nitrogens with one attached hydrogen (secondary N) is 1. The van der Waals surface area contributed by atoms with Crippen LogP contribution in [0.3, 0.4) is 0 Å². The highest BCUT2D eigenvalue weighted by atomic mass is 32.2. The summed E-state index contributed by atoms with van der Waals surface area (Å²) in [6.45, 7) is 4.63. The molecule has 0 unspecified atom stereocenters. The van der Waals surface area contributed by atoms with Crippen LogP contribution >= 0.6 is 0 Å². The van der Waals surface area contributed by atoms with Crippen LogP contribution in [0, 0.1) is 0 Å². The maximum atomic E-state index is 11.5. The normalized spacial score (nSPS) is 25.1. The van der Waals surface area contributed by atoms with Crippen LogP contribution in [0.15, 0.2) is 0 Å². The molecule has 0 aromatic rings. The molecule has 0 aromatic carbocycles. The molecule has 1 N–H and O–H groups in total. The summed E-state index contributed by atoms with van der Waals surface area (Å²) in [6.07, 6.45) is 0.888. The Morgan fingerprint density at radius 2 is 2.17 bits per heavy atom. The van der Waals surface area contributed by atoms with Gasteiger partial charge in [0.25, 0.3) is 0 Å². The first kappa shape index (κ1) is 9.95. The molecule has 0 spiro atoms. The van der Waals surface area contributed by atoms with Crippen molar-refractivity contribution in [2.24, 2.45) is 0 Å². The molecule has 0 aromatic heterocycles. The van der Waals surface area contributed by atoms with Crippen molar-refractivity contribution >= 4 is 10.0 Å². The van der Waals surface area contributed by atoms with Gasteiger partial charge in [0, 0.05) is 26.2 Å². The van der Waals surface area contributed by atoms with E-state index in [2.05, 4.69) is 5.32 Å². The van der Waals surface area contributed by atoms with Crippen molar-refractivity contribution in [2.75, 3.05) is 31.9 Å². The van der Waals surface area contributed by atoms with E-state index in [-0.39, 0.29) is 5.75 Å². The first-order valence-electron chi connectivity index (χ1n) is 4.35. The third-order valence-electron chi connectivity index (χ3n) is 1.94. The molecule has 1 aliphatic heterocycles. The lowest BCUT2D eigenvalue weighted by molar-refractivity contribution is 0.419. The van der Waals surface area contributed by atoms with Crippen LogP contribution < -0.4 is 5.32 Å². The SMILES string of the molecule is CCCN1CCNCCS1(=O)=O. The highest BCUT2D eigenvalue weighted by molar-refractivity contribution is 7.89. The molecule has 1 fully saturated rings. The fraction of sp³-hybridized carbons (Fsp3) is 1.00. The lowest BCUT2D eigenvalue weighted by atomic mass is 10.5. The molecular weight excluding hydrogens is 176 g/mol. The molecule has 0 amide bonds. The summed E-state index contributed by atoms with van der Waals surface area (Å²) in [5.74, 6) is 0.243. The topological polar surface area (TPSA) is 49.4 Å². The molecule has 5 heteroatoms. The predicted octanol–water partition coefficient (Wildman–Crippen LogP) is -0.369. The van der Waals surface area contributed by atoms with Crippen molar-refractivity contribution in [3.05, 3.63) is 0 Å². The summed E-state index contributed by atoms with van der Waals surface area (Å²) in [5.41, 5.74) is 0. The van der Waals surface area contributed by atoms with Gasteiger partial charge in [-0.1, -0.05) is 6.92 Å². The van der Waals surface area contributed by atoms with Gasteiger partial charge in [-0.3, -0.25) is 0 Å². The smallest absolute Gasteiger partial charge is 0.215 e. The van der Waals surface area contributed by atoms with Crippen LogP contribution in [0.25, 0.3) is 0 Å². The van der Waals surface area contributed by atoms with Crippen LogP contribution in [0.5, 0.6) is 0 Å². The molecule has 1 saturated heterocycles. The second-order valence-electron chi connectivity index (χ2n) is 2.97. The standard InChI is InChI=1S/C7H16N2O2S/c1-2-5-9-6-3-8-4-7-12(9,10)11/h8H,2-7H2,1H3. The average molecular weight is 192 g/mol. The molecule has 0 saturated carbocycles. The summed E-state index contributed by atoms with van der Waals surface area (Å²) in [5, 5.41) is 3.07. The average Bonchev–Trinajstić information content (AvgIpc) is 2.15. The molecular formula is C7H16N2O2S. The van der Waals surface area contributed by atoms with Gasteiger partial charge in [-0.15, -0.1) is 0 Å². The van der Waals surface area contributed by atoms with Gasteiger partial charge in [-0.2, -0.15) is 0 Å². The van der Waals surface area contributed by atoms with Gasteiger partial charge in [0.15, 0.2) is 0 Å². The van der Waals surface area contributed by atoms with Gasteiger partial charge in [0.05, 0.1) is 5.75 Å². The number of rotatable bonds is 2. The molecule has 72 valence electrons. The van der Waals surface area contributed by atoms with Gasteiger partial charge < -0.3 is 5.32 Å². The molecule has 0 radical (unpaired) electrons. The van der Waals surface area contributed by atoms with E-state index in [1.807, 2.05) is 6.92 Å². The van der Waals surface area contributed by atoms with Crippen molar-refractivity contribution in [1.82, 2.24) is 9.62 Å². The summed E-state index contributed by atoms with van der Waals surface area (Å²) in [7, 11) is -2.95. The Balaban J connectivity index is 2.65. The molecule has 0 atom stereocenters. The maximum absolute atomic E-state index is 11.5. The van der Waals surface area contributed by atoms with Crippen LogP contribution in [-0.2, 0) is 10.0 Å². The van der Waals surface area contributed by atoms with Gasteiger partial charge in [0.1, 0.15) is 0 Å². The Hall–Kier alpha value is -0.130. The quantitative estimate of drug-likeness (QED) is 0.649. The van der Waals surface area contributed by atoms with Crippen molar-refractivity contribution in [2.45, 2.75) is 13.3 Å². The zero-order valence-corrected chi connectivity index (χ0v) is 8.23. The Bertz CT molecular complexity index is 226. The number of sulfonamides is 1. The van der Waals surface area contributed by atoms with E-state index in [1.54, 1.807) is 4.31 Å². The van der Waals surface area contributed by atoms with Crippen molar-refractivity contribution in [1.29, 1.82) is 0 Å². The van der Waals surface area contributed by atoms with Gasteiger partial charge in [-0.25, -0.2) is 12.7 Å². The van der Waals surface area contributed by atoms with Crippen LogP contribution in [-0.4, -0.2) is 44.7 Å². The summed E-state index contributed by atoms with van der Waals surface area (Å²) >= 11 is 0. The highest BCUT2D eigenvalue weighted by Gasteiger charge is 2.22. The van der Waals surface area contributed by atoms with Crippen LogP contribution in [0.2, 0.25) is 0 Å². The Morgan fingerprint density at radius 3 is 2.83 bits per heavy atom. The minimum absolute atomic E-state index is 0.243. The summed E-state index contributed by atoms with van der Waals surface area (Å²) in [6, 6.07) is 0. The minimum Gasteiger partial charge on any atom is -0.314 e. The predicted molar refractivity (Wildman–Crippen MR) is 48.5 cm³/mol. The first-order chi connectivity index (χ1) is 5.67. The molecule has 0 bridgehead atoms. The zero-order valence-electron chi connectivity index (χ0n) is 7.41. The van der Waals surface area contributed by atoms with Gasteiger partial charge in [-0.05, 0) is 6.42 Å². The van der Waals surface area contributed by atoms with E-state index in [0.29, 0.717) is 19.6 Å². The highest BCUT2D eigenvalue weighted by Crippen LogP contribution is 2.03. The zero-order chi connectivity index (χ0) is 9.03. The Morgan fingerprint density at radius 1 is 1.42 bits per heavy atom. The summed E-state index contributed by atoms with van der Waals surface area (Å²) < 4.78 is 24.5. The Labute approximate surface area is 74.0 Å². The number of hydrogen-bond acceptors (Lipinski definition) is 3. The van der Waals surface area contributed by atoms with Gasteiger partial charge in [0.2, 0.25) is 10.0 Å². The molecule has 1 rings (SSSR count). The van der Waals surface area contributed by atoms with Crippen LogP contribution in [0.1, 0.15) is 13.3 Å². The molecule has 0 aliphatic carbocycles. The van der Waals surface area contributed by atoms with E-state index < -0.39 is 10.0 Å². The molecule has 4 nitrogen and oxygen atoms in total. The van der Waals surface area contributed by atoms with Crippen molar-refractivity contribution in [3.8, 4) is 0 Å². The molecule has 12 heavy (non-hydrogen) atoms. The van der Waals surface area contributed by atoms with Crippen molar-refractivity contribution in [3.63, 3.8) is 0 Å². The van der Waals surface area contributed by atoms with Crippen molar-refractivity contribution < 1.29 is 8.42 Å². The minimum atomic E-state index is -2.95. The monoisotopic (exact) mass is 192 g/mol. The largest absolute Gasteiger partial charge is 0.314 e. The van der Waals surface area contributed by atoms with Crippen LogP contribution in [0.4, 0.5) is 0 Å². The first-order valence-corrected chi connectivity index (χ1v) is 5.96. The van der Waals surface area contributed by atoms with E-state index in [0.717, 1.165) is 13.0 Å². The third kappa shape index (κ3) is 2.43. The maximum Gasteiger partial charge on any atom is 0.215 e. The second-order valence-corrected chi connectivity index (χ2v) is 5.05.